The van der Waals surface area contributed by atoms with Crippen LogP contribution in [0, 0.1) is 0 Å². The lowest BCUT2D eigenvalue weighted by atomic mass is 10.1. The highest BCUT2D eigenvalue weighted by molar-refractivity contribution is 4.91. The van der Waals surface area contributed by atoms with Gasteiger partial charge in [-0.1, -0.05) is 6.92 Å². The van der Waals surface area contributed by atoms with Crippen molar-refractivity contribution in [2.75, 3.05) is 13.2 Å². The largest absolute Gasteiger partial charge is 0.378 e. The molecule has 1 aliphatic heterocycles. The van der Waals surface area contributed by atoms with E-state index in [2.05, 4.69) is 27.4 Å². The predicted octanol–water partition coefficient (Wildman–Crippen LogP) is 1.80. The third-order valence-corrected chi connectivity index (χ3v) is 3.21. The van der Waals surface area contributed by atoms with Gasteiger partial charge in [-0.15, -0.1) is 0 Å². The maximum absolute atomic E-state index is 5.65. The highest BCUT2D eigenvalue weighted by atomic mass is 16.5. The molecule has 2 unspecified atom stereocenters. The molecule has 2 heterocycles. The first kappa shape index (κ1) is 12.5. The number of rotatable bonds is 7. The van der Waals surface area contributed by atoms with Crippen molar-refractivity contribution < 1.29 is 4.74 Å². The van der Waals surface area contributed by atoms with E-state index >= 15 is 0 Å². The summed E-state index contributed by atoms with van der Waals surface area (Å²) >= 11 is 0. The zero-order valence-electron chi connectivity index (χ0n) is 10.5. The standard InChI is InChI=1S/C12H22N4O/c1-2-7-13-11(12-14-9-15-16-12)6-5-10-4-3-8-17-10/h9-11,13H,2-8H2,1H3,(H,14,15,16). The minimum Gasteiger partial charge on any atom is -0.378 e. The van der Waals surface area contributed by atoms with Crippen molar-refractivity contribution in [2.45, 2.75) is 51.2 Å². The van der Waals surface area contributed by atoms with Gasteiger partial charge < -0.3 is 10.1 Å². The second-order valence-corrected chi connectivity index (χ2v) is 4.59. The fourth-order valence-electron chi connectivity index (χ4n) is 2.26. The van der Waals surface area contributed by atoms with Crippen LogP contribution in [-0.2, 0) is 4.74 Å². The molecule has 0 saturated carbocycles. The van der Waals surface area contributed by atoms with Crippen molar-refractivity contribution in [3.8, 4) is 0 Å². The summed E-state index contributed by atoms with van der Waals surface area (Å²) in [7, 11) is 0. The molecule has 17 heavy (non-hydrogen) atoms. The van der Waals surface area contributed by atoms with Crippen LogP contribution < -0.4 is 5.32 Å². The fourth-order valence-corrected chi connectivity index (χ4v) is 2.26. The average molecular weight is 238 g/mol. The van der Waals surface area contributed by atoms with Gasteiger partial charge in [0, 0.05) is 6.61 Å². The summed E-state index contributed by atoms with van der Waals surface area (Å²) < 4.78 is 5.65. The second kappa shape index (κ2) is 6.71. The smallest absolute Gasteiger partial charge is 0.141 e. The molecule has 1 fully saturated rings. The lowest BCUT2D eigenvalue weighted by Gasteiger charge is -2.17. The lowest BCUT2D eigenvalue weighted by Crippen LogP contribution is -2.24. The Labute approximate surface area is 102 Å². The van der Waals surface area contributed by atoms with Crippen molar-refractivity contribution in [1.29, 1.82) is 0 Å². The van der Waals surface area contributed by atoms with Crippen molar-refractivity contribution in [1.82, 2.24) is 20.5 Å². The Morgan fingerprint density at radius 1 is 1.65 bits per heavy atom. The van der Waals surface area contributed by atoms with E-state index in [4.69, 9.17) is 4.74 Å². The predicted molar refractivity (Wildman–Crippen MR) is 65.6 cm³/mol. The number of nitrogens with zero attached hydrogens (tertiary/aromatic N) is 2. The molecule has 1 aromatic rings. The minimum atomic E-state index is 0.279. The molecule has 1 saturated heterocycles. The maximum Gasteiger partial charge on any atom is 0.141 e. The van der Waals surface area contributed by atoms with Crippen molar-refractivity contribution in [3.05, 3.63) is 12.2 Å². The number of aromatic amines is 1. The normalized spacial score (nSPS) is 21.8. The highest BCUT2D eigenvalue weighted by Gasteiger charge is 2.19. The molecule has 0 spiro atoms. The zero-order chi connectivity index (χ0) is 11.9. The molecule has 2 atom stereocenters. The Morgan fingerprint density at radius 2 is 2.59 bits per heavy atom. The van der Waals surface area contributed by atoms with Crippen LogP contribution in [0.15, 0.2) is 6.33 Å². The van der Waals surface area contributed by atoms with E-state index in [0.29, 0.717) is 6.10 Å². The third-order valence-electron chi connectivity index (χ3n) is 3.21. The van der Waals surface area contributed by atoms with E-state index in [0.717, 1.165) is 38.2 Å². The molecule has 0 aliphatic carbocycles. The van der Waals surface area contributed by atoms with E-state index in [1.54, 1.807) is 6.33 Å². The van der Waals surface area contributed by atoms with Gasteiger partial charge in [0.25, 0.3) is 0 Å². The number of hydrogen-bond donors (Lipinski definition) is 2. The van der Waals surface area contributed by atoms with Gasteiger partial charge in [-0.2, -0.15) is 5.10 Å². The van der Waals surface area contributed by atoms with Crippen molar-refractivity contribution in [3.63, 3.8) is 0 Å². The molecule has 5 nitrogen and oxygen atoms in total. The molecule has 96 valence electrons. The number of H-pyrrole nitrogens is 1. The van der Waals surface area contributed by atoms with Gasteiger partial charge in [0.2, 0.25) is 0 Å². The van der Waals surface area contributed by atoms with Crippen LogP contribution in [0.3, 0.4) is 0 Å². The van der Waals surface area contributed by atoms with Crippen LogP contribution in [0.1, 0.15) is 50.9 Å². The van der Waals surface area contributed by atoms with Crippen LogP contribution in [0.25, 0.3) is 0 Å². The van der Waals surface area contributed by atoms with Gasteiger partial charge in [0.15, 0.2) is 0 Å². The van der Waals surface area contributed by atoms with Crippen LogP contribution >= 0.6 is 0 Å². The molecule has 2 N–H and O–H groups in total. The molecule has 5 heteroatoms. The summed E-state index contributed by atoms with van der Waals surface area (Å²) in [5, 5.41) is 10.4. The molecule has 0 radical (unpaired) electrons. The van der Waals surface area contributed by atoms with Gasteiger partial charge in [-0.3, -0.25) is 5.10 Å². The minimum absolute atomic E-state index is 0.279. The van der Waals surface area contributed by atoms with Gasteiger partial charge in [0.05, 0.1) is 12.1 Å². The van der Waals surface area contributed by atoms with Gasteiger partial charge in [-0.25, -0.2) is 4.98 Å². The summed E-state index contributed by atoms with van der Waals surface area (Å²) in [4.78, 5) is 4.24. The van der Waals surface area contributed by atoms with Crippen LogP contribution in [0.5, 0.6) is 0 Å². The zero-order valence-corrected chi connectivity index (χ0v) is 10.5. The molecule has 1 aromatic heterocycles. The second-order valence-electron chi connectivity index (χ2n) is 4.59. The molecule has 0 aromatic carbocycles. The average Bonchev–Trinajstić information content (AvgIpc) is 3.01. The first-order chi connectivity index (χ1) is 8.40. The van der Waals surface area contributed by atoms with E-state index in [9.17, 15) is 0 Å². The monoisotopic (exact) mass is 238 g/mol. The number of aromatic nitrogens is 3. The van der Waals surface area contributed by atoms with Crippen LogP contribution in [-0.4, -0.2) is 34.4 Å². The van der Waals surface area contributed by atoms with E-state index < -0.39 is 0 Å². The lowest BCUT2D eigenvalue weighted by molar-refractivity contribution is 0.0993. The molecule has 0 bridgehead atoms. The molecular weight excluding hydrogens is 216 g/mol. The first-order valence-electron chi connectivity index (χ1n) is 6.60. The SMILES string of the molecule is CCCNC(CCC1CCCO1)c1ncn[nH]1. The molecular formula is C12H22N4O. The Hall–Kier alpha value is -0.940. The Kier molecular flexibility index (Phi) is 4.94. The van der Waals surface area contributed by atoms with E-state index in [1.807, 2.05) is 0 Å². The topological polar surface area (TPSA) is 62.8 Å². The van der Waals surface area contributed by atoms with Crippen molar-refractivity contribution >= 4 is 0 Å². The summed E-state index contributed by atoms with van der Waals surface area (Å²) in [5.41, 5.74) is 0. The number of nitrogens with one attached hydrogen (secondary N) is 2. The summed E-state index contributed by atoms with van der Waals surface area (Å²) in [6.45, 7) is 4.11. The summed E-state index contributed by atoms with van der Waals surface area (Å²) in [5.74, 6) is 0.941. The van der Waals surface area contributed by atoms with Crippen LogP contribution in [0.2, 0.25) is 0 Å². The van der Waals surface area contributed by atoms with Gasteiger partial charge >= 0.3 is 0 Å². The van der Waals surface area contributed by atoms with E-state index in [-0.39, 0.29) is 6.04 Å². The van der Waals surface area contributed by atoms with E-state index in [1.165, 1.54) is 12.8 Å². The summed E-state index contributed by atoms with van der Waals surface area (Å²) in [6.07, 6.45) is 7.72. The number of ether oxygens (including phenoxy) is 1. The Morgan fingerprint density at radius 3 is 3.24 bits per heavy atom. The Balaban J connectivity index is 1.82. The van der Waals surface area contributed by atoms with Crippen LogP contribution in [0.4, 0.5) is 0 Å². The molecule has 1 aliphatic rings. The first-order valence-corrected chi connectivity index (χ1v) is 6.60. The fraction of sp³-hybridized carbons (Fsp3) is 0.833. The number of hydrogen-bond acceptors (Lipinski definition) is 4. The van der Waals surface area contributed by atoms with Gasteiger partial charge in [0.1, 0.15) is 12.2 Å². The third kappa shape index (κ3) is 3.78. The quantitative estimate of drug-likeness (QED) is 0.760. The molecule has 2 rings (SSSR count). The van der Waals surface area contributed by atoms with Gasteiger partial charge in [-0.05, 0) is 38.6 Å². The van der Waals surface area contributed by atoms with Crippen molar-refractivity contribution in [2.24, 2.45) is 0 Å². The highest BCUT2D eigenvalue weighted by Crippen LogP contribution is 2.22. The molecule has 0 amide bonds. The Bertz CT molecular complexity index is 295. The maximum atomic E-state index is 5.65. The summed E-state index contributed by atoms with van der Waals surface area (Å²) in [6, 6.07) is 0.279.